The highest BCUT2D eigenvalue weighted by molar-refractivity contribution is 7.99. The van der Waals surface area contributed by atoms with Gasteiger partial charge in [0.15, 0.2) is 5.82 Å². The number of piperidine rings is 4. The van der Waals surface area contributed by atoms with Crippen molar-refractivity contribution in [3.05, 3.63) is 53.4 Å². The van der Waals surface area contributed by atoms with Crippen LogP contribution in [-0.4, -0.2) is 89.6 Å². The second kappa shape index (κ2) is 16.2. The molecule has 4 saturated heterocycles. The molecule has 0 radical (unpaired) electrons. The molecule has 6 heterocycles. The molecule has 12 nitrogen and oxygen atoms in total. The van der Waals surface area contributed by atoms with E-state index in [-0.39, 0.29) is 23.3 Å². The largest absolute Gasteiger partial charge is 0.397 e. The quantitative estimate of drug-likeness (QED) is 0.164. The van der Waals surface area contributed by atoms with Crippen molar-refractivity contribution in [2.24, 2.45) is 11.8 Å². The molecule has 0 bridgehead atoms. The second-order valence-corrected chi connectivity index (χ2v) is 16.7. The van der Waals surface area contributed by atoms with E-state index in [1.807, 2.05) is 24.5 Å². The van der Waals surface area contributed by atoms with Gasteiger partial charge in [-0.15, -0.1) is 0 Å². The summed E-state index contributed by atoms with van der Waals surface area (Å²) in [5.41, 5.74) is 14.9. The minimum absolute atomic E-state index is 0.108. The molecule has 1 atom stereocenters. The first-order valence-corrected chi connectivity index (χ1v) is 19.9. The topological polar surface area (TPSA) is 159 Å². The number of hydrogen-bond acceptors (Lipinski definition) is 12. The average molecular weight is 747 g/mol. The minimum Gasteiger partial charge on any atom is -0.397 e. The lowest BCUT2D eigenvalue weighted by Gasteiger charge is -2.42. The molecule has 6 N–H and O–H groups in total. The normalized spacial score (nSPS) is 22.1. The van der Waals surface area contributed by atoms with E-state index >= 15 is 0 Å². The lowest BCUT2D eigenvalue weighted by molar-refractivity contribution is -0.134. The van der Waals surface area contributed by atoms with Crippen molar-refractivity contribution >= 4 is 58.2 Å². The lowest BCUT2D eigenvalue weighted by Crippen LogP contribution is -2.53. The van der Waals surface area contributed by atoms with Gasteiger partial charge in [-0.05, 0) is 107 Å². The van der Waals surface area contributed by atoms with E-state index < -0.39 is 0 Å². The number of nitrogen functional groups attached to an aromatic ring is 2. The summed E-state index contributed by atoms with van der Waals surface area (Å²) in [6.07, 6.45) is 13.3. The molecule has 1 unspecified atom stereocenters. The highest BCUT2D eigenvalue weighted by Crippen LogP contribution is 2.38. The van der Waals surface area contributed by atoms with Crippen molar-refractivity contribution in [2.75, 3.05) is 73.6 Å². The van der Waals surface area contributed by atoms with Crippen molar-refractivity contribution in [1.29, 1.82) is 0 Å². The first-order chi connectivity index (χ1) is 25.1. The number of benzene rings is 1. The third kappa shape index (κ3) is 8.75. The van der Waals surface area contributed by atoms with Crippen LogP contribution in [0.25, 0.3) is 0 Å². The number of nitrogens with two attached hydrogens (primary N) is 2. The second-order valence-electron chi connectivity index (χ2n) is 15.3. The van der Waals surface area contributed by atoms with Crippen molar-refractivity contribution in [3.63, 3.8) is 0 Å². The number of pyridine rings is 1. The van der Waals surface area contributed by atoms with Crippen LogP contribution in [0.4, 0.5) is 23.0 Å². The van der Waals surface area contributed by atoms with Crippen LogP contribution in [0.1, 0.15) is 69.8 Å². The molecular weight excluding hydrogens is 696 g/mol. The van der Waals surface area contributed by atoms with E-state index in [1.54, 1.807) is 12.3 Å². The number of amides is 2. The lowest BCUT2D eigenvalue weighted by atomic mass is 9.87. The summed E-state index contributed by atoms with van der Waals surface area (Å²) in [5, 5.41) is 7.57. The number of aromatic nitrogens is 3. The zero-order chi connectivity index (χ0) is 36.2. The monoisotopic (exact) mass is 746 g/mol. The van der Waals surface area contributed by atoms with E-state index in [2.05, 4.69) is 48.3 Å². The number of imide groups is 1. The fraction of sp³-hybridized carbons (Fsp3) is 0.553. The maximum absolute atomic E-state index is 12.4. The van der Waals surface area contributed by atoms with Gasteiger partial charge in [-0.2, -0.15) is 0 Å². The van der Waals surface area contributed by atoms with E-state index in [0.717, 1.165) is 67.5 Å². The summed E-state index contributed by atoms with van der Waals surface area (Å²) in [4.78, 5) is 45.9. The number of hydrogen-bond donors (Lipinski definition) is 4. The Hall–Kier alpha value is -3.65. The van der Waals surface area contributed by atoms with Gasteiger partial charge in [-0.3, -0.25) is 19.9 Å². The number of nitrogens with zero attached hydrogens (tertiary/aromatic N) is 6. The van der Waals surface area contributed by atoms with Gasteiger partial charge < -0.3 is 31.5 Å². The molecule has 3 aromatic rings. The summed E-state index contributed by atoms with van der Waals surface area (Å²) in [5.74, 6) is 1.94. The van der Waals surface area contributed by atoms with Gasteiger partial charge in [0, 0.05) is 55.8 Å². The number of carbonyl (C=O) groups excluding carboxylic acids is 2. The third-order valence-electron chi connectivity index (χ3n) is 11.5. The molecule has 14 heteroatoms. The Kier molecular flexibility index (Phi) is 11.4. The minimum atomic E-state index is -0.297. The van der Waals surface area contributed by atoms with Gasteiger partial charge >= 0.3 is 0 Å². The van der Waals surface area contributed by atoms with Gasteiger partial charge in [0.05, 0.1) is 34.7 Å². The average Bonchev–Trinajstić information content (AvgIpc) is 3.15. The van der Waals surface area contributed by atoms with E-state index in [1.165, 1.54) is 57.1 Å². The van der Waals surface area contributed by atoms with E-state index in [0.29, 0.717) is 46.2 Å². The molecule has 52 heavy (non-hydrogen) atoms. The van der Waals surface area contributed by atoms with Crippen molar-refractivity contribution in [1.82, 2.24) is 30.5 Å². The number of halogens is 1. The SMILES string of the molecule is CC1(NCC2CCN(CC3CCN(c4cncc(C5CCC(=O)NC5=O)c4)CC3)CC2)CCN(c2cnc(Sc3cccc(N)c3Cl)c(N)n2)CC1. The van der Waals surface area contributed by atoms with E-state index in [4.69, 9.17) is 28.1 Å². The maximum atomic E-state index is 12.4. The Balaban J connectivity index is 0.807. The van der Waals surface area contributed by atoms with Gasteiger partial charge in [0.1, 0.15) is 10.8 Å². The highest BCUT2D eigenvalue weighted by atomic mass is 35.5. The molecular formula is C38H51ClN10O2S. The number of rotatable bonds is 10. The molecule has 278 valence electrons. The van der Waals surface area contributed by atoms with Crippen molar-refractivity contribution in [2.45, 2.75) is 79.7 Å². The molecule has 4 aliphatic rings. The van der Waals surface area contributed by atoms with Crippen LogP contribution < -0.4 is 31.9 Å². The molecule has 4 fully saturated rings. The number of nitrogens with one attached hydrogen (secondary N) is 2. The van der Waals surface area contributed by atoms with Crippen molar-refractivity contribution in [3.8, 4) is 0 Å². The summed E-state index contributed by atoms with van der Waals surface area (Å²) in [6.45, 7) is 10.8. The van der Waals surface area contributed by atoms with Crippen LogP contribution in [0.5, 0.6) is 0 Å². The predicted molar refractivity (Wildman–Crippen MR) is 208 cm³/mol. The Labute approximate surface area is 315 Å². The summed E-state index contributed by atoms with van der Waals surface area (Å²) >= 11 is 7.75. The van der Waals surface area contributed by atoms with E-state index in [9.17, 15) is 9.59 Å². The van der Waals surface area contributed by atoms with Gasteiger partial charge in [0.2, 0.25) is 11.8 Å². The van der Waals surface area contributed by atoms with Crippen LogP contribution in [0.15, 0.2) is 52.8 Å². The number of carbonyl (C=O) groups is 2. The number of anilines is 4. The summed E-state index contributed by atoms with van der Waals surface area (Å²) < 4.78 is 0. The Morgan fingerprint density at radius 1 is 0.962 bits per heavy atom. The third-order valence-corrected chi connectivity index (χ3v) is 13.2. The van der Waals surface area contributed by atoms with Crippen LogP contribution >= 0.6 is 23.4 Å². The Bertz CT molecular complexity index is 1740. The first kappa shape index (κ1) is 36.7. The fourth-order valence-corrected chi connectivity index (χ4v) is 9.11. The molecule has 2 amide bonds. The van der Waals surface area contributed by atoms with Crippen LogP contribution in [0.3, 0.4) is 0 Å². The molecule has 0 spiro atoms. The standard InChI is InChI=1S/C38H51ClN10O2S/c1-38(11-17-49(18-12-38)32-23-43-37(35(41)45-32)52-31-4-2-3-30(40)34(31)39)44-20-25-7-13-47(14-8-25)24-26-9-15-48(16-10-26)28-19-27(21-42-22-28)29-5-6-33(50)46-36(29)51/h2-4,19,21-23,25-26,29,44H,5-18,20,24,40H2,1H3,(H2,41,45)(H,46,50,51). The zero-order valence-corrected chi connectivity index (χ0v) is 31.6. The van der Waals surface area contributed by atoms with Crippen LogP contribution in [0.2, 0.25) is 5.02 Å². The summed E-state index contributed by atoms with van der Waals surface area (Å²) in [6, 6.07) is 7.64. The fourth-order valence-electron chi connectivity index (χ4n) is 8.05. The molecule has 4 aliphatic heterocycles. The maximum Gasteiger partial charge on any atom is 0.234 e. The summed E-state index contributed by atoms with van der Waals surface area (Å²) in [7, 11) is 0. The number of likely N-dealkylation sites (tertiary alicyclic amines) is 1. The molecule has 1 aromatic carbocycles. The molecule has 0 aliphatic carbocycles. The molecule has 2 aromatic heterocycles. The highest BCUT2D eigenvalue weighted by Gasteiger charge is 2.33. The zero-order valence-electron chi connectivity index (χ0n) is 30.0. The smallest absolute Gasteiger partial charge is 0.234 e. The van der Waals surface area contributed by atoms with Gasteiger partial charge in [-0.25, -0.2) is 9.97 Å². The van der Waals surface area contributed by atoms with Crippen molar-refractivity contribution < 1.29 is 9.59 Å². The Morgan fingerprint density at radius 3 is 2.44 bits per heavy atom. The van der Waals surface area contributed by atoms with Crippen LogP contribution in [-0.2, 0) is 9.59 Å². The van der Waals surface area contributed by atoms with Crippen LogP contribution in [0, 0.1) is 11.8 Å². The first-order valence-electron chi connectivity index (χ1n) is 18.7. The predicted octanol–water partition coefficient (Wildman–Crippen LogP) is 4.94. The Morgan fingerprint density at radius 2 is 1.71 bits per heavy atom. The molecule has 7 rings (SSSR count). The van der Waals surface area contributed by atoms with Gasteiger partial charge in [-0.1, -0.05) is 29.4 Å². The van der Waals surface area contributed by atoms with Gasteiger partial charge in [0.25, 0.3) is 0 Å². The molecule has 0 saturated carbocycles.